The van der Waals surface area contributed by atoms with Crippen LogP contribution in [0.1, 0.15) is 176 Å². The van der Waals surface area contributed by atoms with Crippen LogP contribution in [0.25, 0.3) is 91.1 Å². The molecule has 772 valence electrons. The van der Waals surface area contributed by atoms with Gasteiger partial charge in [-0.2, -0.15) is 48.3 Å². The van der Waals surface area contributed by atoms with Gasteiger partial charge >= 0.3 is 18.5 Å². The molecule has 20 rings (SSSR count). The van der Waals surface area contributed by atoms with Gasteiger partial charge in [-0.1, -0.05) is 73.6 Å². The van der Waals surface area contributed by atoms with Gasteiger partial charge in [-0.25, -0.2) is 86.2 Å². The highest BCUT2D eigenvalue weighted by Crippen LogP contribution is 2.44. The number of hydrogen-bond donors (Lipinski definition) is 0. The molecule has 4 aromatic carbocycles. The fourth-order valence-corrected chi connectivity index (χ4v) is 17.6. The Balaban J connectivity index is 0.000000136. The second-order valence-electron chi connectivity index (χ2n) is 37.3. The molecule has 0 spiro atoms. The quantitative estimate of drug-likeness (QED) is 0.0603. The summed E-state index contributed by atoms with van der Waals surface area (Å²) in [5.74, 6) is -7.04. The van der Waals surface area contributed by atoms with Crippen molar-refractivity contribution in [3.8, 4) is 91.1 Å². The lowest BCUT2D eigenvalue weighted by Crippen LogP contribution is -2.28. The number of amides is 4. The van der Waals surface area contributed by atoms with E-state index in [9.17, 15) is 67.5 Å². The molecule has 0 saturated heterocycles. The molecule has 4 aliphatic rings. The first-order valence-corrected chi connectivity index (χ1v) is 46.7. The molecular formula is C105H89F17N24O4. The predicted octanol–water partition coefficient (Wildman–Crippen LogP) is 21.6. The lowest BCUT2D eigenvalue weighted by atomic mass is 10.0. The van der Waals surface area contributed by atoms with Crippen molar-refractivity contribution in [2.24, 2.45) is 28.2 Å². The number of aromatic nitrogens is 20. The smallest absolute Gasteiger partial charge is 0.334 e. The van der Waals surface area contributed by atoms with Gasteiger partial charge in [-0.15, -0.1) is 0 Å². The Hall–Kier alpha value is -16.7. The summed E-state index contributed by atoms with van der Waals surface area (Å²) >= 11 is 0. The van der Waals surface area contributed by atoms with Gasteiger partial charge in [0.1, 0.15) is 87.2 Å². The molecule has 0 atom stereocenters. The Kier molecular flexibility index (Phi) is 28.8. The fourth-order valence-electron chi connectivity index (χ4n) is 17.6. The molecule has 16 heterocycles. The summed E-state index contributed by atoms with van der Waals surface area (Å²) in [5.41, 5.74) is 4.46. The molecule has 0 unspecified atom stereocenters. The number of alkyl halides is 11. The number of hydrogen-bond acceptors (Lipinski definition) is 20. The van der Waals surface area contributed by atoms with Crippen molar-refractivity contribution in [3.05, 3.63) is 309 Å². The number of aryl methyl sites for hydroxylation is 4. The number of carbonyl (C=O) groups is 4. The highest BCUT2D eigenvalue weighted by molar-refractivity contribution is 6.03. The minimum atomic E-state index is -4.77. The second-order valence-corrected chi connectivity index (χ2v) is 37.3. The standard InChI is InChI=1S/C27H25F3N6O.2C26H21F5N6O.C26H22F4N6O/c1-15(2)23-19(6-5-9-31-23)24-32-12-18-11-22(37)36(26(18)34-24)13-17-8-7-16(10-20(17)28)25-33-21(14-35(25)4)27(3,29)30;1-13(2)22-16(5-4-6-32-22)23-33-10-15-9-21(38)37(25(15)35-23)11-17-18(27)7-14(8-19(17)28)24-34-20(12-36(24)3)26(29,30)31;1-13(2)22-16(5-4-6-32-22)23-33-10-15-9-20(38)37(24(15)35-23)11-14-7-17(27)21(18(28)8-14)25-34-19(12-36(25)3)26(29,30)31;1-14(2)22-18(5-4-8-31-22)23-32-11-16-10-21(37)36(24(16)34-23)12-15-6-7-17(19(27)9-15)25-33-20(13-35(25)3)26(28,29)30/h5-10,12,14-15H,11,13H2,1-4H3;2*4-8,10,12-13H,9,11H2,1-3H3;4-9,11,13-14H,10,12H2,1-3H3. The van der Waals surface area contributed by atoms with Crippen molar-refractivity contribution in [1.29, 1.82) is 0 Å². The number of carbonyl (C=O) groups excluding carboxylic acids is 4. The van der Waals surface area contributed by atoms with Gasteiger partial charge in [0.2, 0.25) is 23.6 Å². The molecule has 4 aliphatic heterocycles. The molecule has 16 aromatic rings. The molecule has 28 nitrogen and oxygen atoms in total. The van der Waals surface area contributed by atoms with E-state index in [1.54, 1.807) is 80.8 Å². The van der Waals surface area contributed by atoms with Crippen LogP contribution in [-0.4, -0.2) is 122 Å². The average molecular weight is 2070 g/mol. The Morgan fingerprint density at radius 1 is 0.307 bits per heavy atom. The number of rotatable bonds is 21. The van der Waals surface area contributed by atoms with Crippen molar-refractivity contribution in [3.63, 3.8) is 0 Å². The lowest BCUT2D eigenvalue weighted by Gasteiger charge is -2.19. The maximum absolute atomic E-state index is 15.2. The van der Waals surface area contributed by atoms with Crippen LogP contribution in [-0.2, 0) is 124 Å². The minimum Gasteiger partial charge on any atom is -0.334 e. The van der Waals surface area contributed by atoms with Gasteiger partial charge in [-0.3, -0.25) is 58.7 Å². The molecule has 0 saturated carbocycles. The van der Waals surface area contributed by atoms with E-state index >= 15 is 26.3 Å². The van der Waals surface area contributed by atoms with Gasteiger partial charge in [0.05, 0.1) is 85.8 Å². The van der Waals surface area contributed by atoms with Crippen LogP contribution in [0.3, 0.4) is 0 Å². The lowest BCUT2D eigenvalue weighted by molar-refractivity contribution is -0.141. The van der Waals surface area contributed by atoms with Crippen molar-refractivity contribution in [1.82, 2.24) is 98.0 Å². The van der Waals surface area contributed by atoms with E-state index in [4.69, 9.17) is 0 Å². The first-order chi connectivity index (χ1) is 70.9. The zero-order valence-electron chi connectivity index (χ0n) is 82.1. The van der Waals surface area contributed by atoms with E-state index < -0.39 is 112 Å². The zero-order chi connectivity index (χ0) is 108. The summed E-state index contributed by atoms with van der Waals surface area (Å²) in [6, 6.07) is 26.8. The van der Waals surface area contributed by atoms with Crippen molar-refractivity contribution in [2.75, 3.05) is 19.6 Å². The van der Waals surface area contributed by atoms with Gasteiger partial charge < -0.3 is 18.3 Å². The van der Waals surface area contributed by atoms with Gasteiger partial charge in [0, 0.05) is 176 Å². The van der Waals surface area contributed by atoms with Crippen molar-refractivity contribution < 1.29 is 93.8 Å². The van der Waals surface area contributed by atoms with E-state index in [2.05, 4.69) is 79.7 Å². The van der Waals surface area contributed by atoms with E-state index in [1.807, 2.05) is 85.7 Å². The van der Waals surface area contributed by atoms with Crippen LogP contribution in [0.5, 0.6) is 0 Å². The van der Waals surface area contributed by atoms with E-state index in [1.165, 1.54) is 82.0 Å². The normalized spacial score (nSPS) is 13.5. The first kappa shape index (κ1) is 105. The molecule has 45 heteroatoms. The highest BCUT2D eigenvalue weighted by Gasteiger charge is 2.42. The molecule has 0 radical (unpaired) electrons. The third-order valence-corrected chi connectivity index (χ3v) is 24.9. The third-order valence-electron chi connectivity index (χ3n) is 24.9. The van der Waals surface area contributed by atoms with Crippen LogP contribution in [0.15, 0.2) is 184 Å². The highest BCUT2D eigenvalue weighted by atomic mass is 19.4. The average Bonchev–Trinajstić information content (AvgIpc) is 1.62. The van der Waals surface area contributed by atoms with Crippen molar-refractivity contribution >= 4 is 46.9 Å². The number of imidazole rings is 4. The van der Waals surface area contributed by atoms with E-state index in [0.29, 0.717) is 91.5 Å². The summed E-state index contributed by atoms with van der Waals surface area (Å²) in [6.45, 7) is 16.1. The van der Waals surface area contributed by atoms with Gasteiger partial charge in [0.25, 0.3) is 5.92 Å². The maximum atomic E-state index is 15.2. The van der Waals surface area contributed by atoms with Crippen LogP contribution >= 0.6 is 0 Å². The third kappa shape index (κ3) is 21.6. The Labute approximate surface area is 844 Å². The molecule has 0 aliphatic carbocycles. The monoisotopic (exact) mass is 2070 g/mol. The SMILES string of the molecule is CC(C)c1ncccc1-c1ncc2c(n1)N(Cc1c(F)cc(-c3nc(C(F)(F)F)cn3C)cc1F)C(=O)C2.CC(C)c1ncccc1-c1ncc2c(n1)N(Cc1cc(F)c(-c3nc(C(F)(F)F)cn3C)c(F)c1)C(=O)C2.CC(C)c1ncccc1-c1ncc2c(n1)N(Cc1ccc(-c3nc(C(C)(F)F)cn3C)cc1F)C(=O)C2.CC(C)c1ncccc1-c1ncc2c(n1)N(Cc1ccc(-c3nc(C(F)(F)F)cn3C)c(F)c1)C(=O)C2. The first-order valence-electron chi connectivity index (χ1n) is 46.7. The molecule has 0 bridgehead atoms. The van der Waals surface area contributed by atoms with Gasteiger partial charge in [0.15, 0.2) is 40.4 Å². The molecule has 150 heavy (non-hydrogen) atoms. The topological polar surface area (TPSA) is 307 Å². The Bertz CT molecular complexity index is 7940. The number of halogens is 17. The largest absolute Gasteiger partial charge is 0.434 e. The van der Waals surface area contributed by atoms with Crippen LogP contribution in [0.2, 0.25) is 0 Å². The maximum Gasteiger partial charge on any atom is 0.434 e. The number of benzene rings is 4. The number of fused-ring (bicyclic) bond motifs is 4. The summed E-state index contributed by atoms with van der Waals surface area (Å²) in [6.07, 6.45) is 2.64. The predicted molar refractivity (Wildman–Crippen MR) is 516 cm³/mol. The van der Waals surface area contributed by atoms with Crippen LogP contribution in [0, 0.1) is 34.9 Å². The summed E-state index contributed by atoms with van der Waals surface area (Å²) in [4.78, 5) is 125. The minimum absolute atomic E-state index is 0.0240. The number of pyridine rings is 4. The van der Waals surface area contributed by atoms with E-state index in [-0.39, 0.29) is 132 Å². The molecule has 0 N–H and O–H groups in total. The fraction of sp³-hybridized carbons (Fsp3) is 0.276. The van der Waals surface area contributed by atoms with Crippen LogP contribution in [0.4, 0.5) is 97.9 Å². The summed E-state index contributed by atoms with van der Waals surface area (Å²) in [5, 5.41) is 0. The number of nitrogens with zero attached hydrogens (tertiary/aromatic N) is 24. The van der Waals surface area contributed by atoms with Gasteiger partial charge in [-0.05, 0) is 126 Å². The number of anilines is 4. The zero-order valence-corrected chi connectivity index (χ0v) is 82.1. The van der Waals surface area contributed by atoms with Crippen molar-refractivity contribution in [2.45, 2.75) is 162 Å². The van der Waals surface area contributed by atoms with Crippen LogP contribution < -0.4 is 19.6 Å². The molecule has 0 fully saturated rings. The summed E-state index contributed by atoms with van der Waals surface area (Å²) < 4.78 is 240. The van der Waals surface area contributed by atoms with E-state index in [0.717, 1.165) is 91.2 Å². The second kappa shape index (κ2) is 41.2. The Morgan fingerprint density at radius 3 is 0.967 bits per heavy atom. The Morgan fingerprint density at radius 2 is 0.620 bits per heavy atom. The molecule has 4 amide bonds. The summed E-state index contributed by atoms with van der Waals surface area (Å²) in [7, 11) is 5.46. The molecule has 12 aromatic heterocycles. The molecular weight excluding hydrogens is 1980 g/mol.